The van der Waals surface area contributed by atoms with Crippen molar-refractivity contribution in [3.05, 3.63) is 0 Å². The summed E-state index contributed by atoms with van der Waals surface area (Å²) in [5.74, 6) is 2.18. The maximum Gasteiger partial charge on any atom is 0.220 e. The summed E-state index contributed by atoms with van der Waals surface area (Å²) in [6.07, 6.45) is 8.55. The van der Waals surface area contributed by atoms with E-state index in [0.29, 0.717) is 49.6 Å². The monoisotopic (exact) mass is 478 g/mol. The number of carbonyl (C=O) groups is 1. The molecule has 0 aromatic carbocycles. The second-order valence-corrected chi connectivity index (χ2v) is 12.9. The zero-order valence-electron chi connectivity index (χ0n) is 21.7. The number of carbonyl (C=O) groups excluding carboxylic acids is 1. The third kappa shape index (κ3) is 4.57. The molecule has 0 unspecified atom stereocenters. The predicted molar refractivity (Wildman–Crippen MR) is 134 cm³/mol. The first-order chi connectivity index (χ1) is 16.1. The number of aliphatic hydroxyl groups is 3. The fourth-order valence-electron chi connectivity index (χ4n) is 9.36. The van der Waals surface area contributed by atoms with E-state index < -0.39 is 12.2 Å². The summed E-state index contributed by atoms with van der Waals surface area (Å²) in [7, 11) is 0. The molecule has 6 N–H and O–H groups in total. The van der Waals surface area contributed by atoms with E-state index in [2.05, 4.69) is 26.1 Å². The van der Waals surface area contributed by atoms with Crippen LogP contribution >= 0.6 is 0 Å². The van der Waals surface area contributed by atoms with Gasteiger partial charge in [-0.1, -0.05) is 20.8 Å². The van der Waals surface area contributed by atoms with Crippen molar-refractivity contribution < 1.29 is 20.1 Å². The standard InChI is InChI=1S/C28H50N2O4/c1-17(6-9-23(32)30-15-5-4-14-29)19-7-8-20-24-21(11-13-27(19,20)2)28(3)12-10-18(31)16-22(28)25(33)26(24)34/h17-22,24-26,31,33-34H,4-16,29H2,1-3H3,(H,30,32)/t17-,18-,19-,20+,21+,22+,24+,25+,26+,27-,28-/m0/s1. The van der Waals surface area contributed by atoms with E-state index in [9.17, 15) is 20.1 Å². The summed E-state index contributed by atoms with van der Waals surface area (Å²) in [6, 6.07) is 0. The van der Waals surface area contributed by atoms with Gasteiger partial charge < -0.3 is 26.4 Å². The van der Waals surface area contributed by atoms with Crippen molar-refractivity contribution in [2.75, 3.05) is 13.1 Å². The molecular weight excluding hydrogens is 428 g/mol. The van der Waals surface area contributed by atoms with E-state index >= 15 is 0 Å². The zero-order valence-corrected chi connectivity index (χ0v) is 21.7. The van der Waals surface area contributed by atoms with Crippen LogP contribution in [-0.4, -0.2) is 52.6 Å². The van der Waals surface area contributed by atoms with Crippen LogP contribution < -0.4 is 11.1 Å². The van der Waals surface area contributed by atoms with Crippen LogP contribution in [0.4, 0.5) is 0 Å². The summed E-state index contributed by atoms with van der Waals surface area (Å²) in [4.78, 5) is 12.3. The molecule has 4 rings (SSSR count). The van der Waals surface area contributed by atoms with E-state index in [1.165, 1.54) is 6.42 Å². The van der Waals surface area contributed by atoms with Gasteiger partial charge in [-0.3, -0.25) is 4.79 Å². The summed E-state index contributed by atoms with van der Waals surface area (Å²) in [5.41, 5.74) is 5.70. The minimum absolute atomic E-state index is 0.00338. The number of aliphatic hydroxyl groups excluding tert-OH is 3. The lowest BCUT2D eigenvalue weighted by Gasteiger charge is -2.63. The highest BCUT2D eigenvalue weighted by molar-refractivity contribution is 5.75. The largest absolute Gasteiger partial charge is 0.393 e. The molecule has 0 spiro atoms. The van der Waals surface area contributed by atoms with Crippen molar-refractivity contribution >= 4 is 5.91 Å². The summed E-state index contributed by atoms with van der Waals surface area (Å²) < 4.78 is 0. The minimum atomic E-state index is -0.733. The number of nitrogens with two attached hydrogens (primary N) is 1. The van der Waals surface area contributed by atoms with E-state index in [0.717, 1.165) is 51.4 Å². The summed E-state index contributed by atoms with van der Waals surface area (Å²) in [5, 5.41) is 35.9. The fraction of sp³-hybridized carbons (Fsp3) is 0.964. The van der Waals surface area contributed by atoms with Crippen LogP contribution in [-0.2, 0) is 4.79 Å². The highest BCUT2D eigenvalue weighted by atomic mass is 16.3. The van der Waals surface area contributed by atoms with Crippen molar-refractivity contribution in [1.82, 2.24) is 5.32 Å². The first-order valence-electron chi connectivity index (χ1n) is 14.1. The first kappa shape index (κ1) is 26.4. The molecule has 0 aromatic heterocycles. The molecule has 11 atom stereocenters. The van der Waals surface area contributed by atoms with Crippen LogP contribution in [0.1, 0.15) is 91.4 Å². The van der Waals surface area contributed by atoms with Crippen molar-refractivity contribution in [3.63, 3.8) is 0 Å². The van der Waals surface area contributed by atoms with Gasteiger partial charge in [0.25, 0.3) is 0 Å². The molecule has 1 amide bonds. The Morgan fingerprint density at radius 1 is 0.971 bits per heavy atom. The molecule has 4 saturated carbocycles. The molecule has 4 fully saturated rings. The Labute approximate surface area is 206 Å². The van der Waals surface area contributed by atoms with Gasteiger partial charge in [0.15, 0.2) is 0 Å². The SMILES string of the molecule is C[C@@H](CCC(=O)NCCCCN)[C@@H]1CC[C@@H]2[C@H]3[C@@H](O)[C@H](O)[C@H]4C[C@@H](O)CC[C@@]4(C)[C@@H]3CC[C@]21C. The fourth-order valence-corrected chi connectivity index (χ4v) is 9.36. The van der Waals surface area contributed by atoms with Gasteiger partial charge in [-0.25, -0.2) is 0 Å². The normalized spacial score (nSPS) is 46.8. The Kier molecular flexibility index (Phi) is 8.03. The van der Waals surface area contributed by atoms with Crippen LogP contribution in [0, 0.1) is 46.3 Å². The summed E-state index contributed by atoms with van der Waals surface area (Å²) in [6.45, 7) is 8.47. The molecule has 0 radical (unpaired) electrons. The van der Waals surface area contributed by atoms with Crippen LogP contribution in [0.15, 0.2) is 0 Å². The highest BCUT2D eigenvalue weighted by Gasteiger charge is 2.65. The topological polar surface area (TPSA) is 116 Å². The van der Waals surface area contributed by atoms with Gasteiger partial charge in [0.1, 0.15) is 0 Å². The van der Waals surface area contributed by atoms with E-state index in [1.807, 2.05) is 0 Å². The number of amides is 1. The zero-order chi connectivity index (χ0) is 24.7. The number of hydrogen-bond donors (Lipinski definition) is 5. The molecule has 0 heterocycles. The lowest BCUT2D eigenvalue weighted by Crippen LogP contribution is -2.64. The maximum absolute atomic E-state index is 12.3. The Balaban J connectivity index is 1.42. The van der Waals surface area contributed by atoms with Gasteiger partial charge in [0, 0.05) is 13.0 Å². The molecule has 4 aliphatic carbocycles. The van der Waals surface area contributed by atoms with E-state index in [4.69, 9.17) is 5.73 Å². The van der Waals surface area contributed by atoms with Gasteiger partial charge in [-0.05, 0) is 117 Å². The summed E-state index contributed by atoms with van der Waals surface area (Å²) >= 11 is 0. The van der Waals surface area contributed by atoms with Gasteiger partial charge in [-0.15, -0.1) is 0 Å². The second kappa shape index (κ2) is 10.4. The van der Waals surface area contributed by atoms with Crippen molar-refractivity contribution in [3.8, 4) is 0 Å². The number of nitrogens with one attached hydrogen (secondary N) is 1. The molecule has 0 saturated heterocycles. The Morgan fingerprint density at radius 2 is 1.68 bits per heavy atom. The average molecular weight is 479 g/mol. The lowest BCUT2D eigenvalue weighted by atomic mass is 9.43. The van der Waals surface area contributed by atoms with Crippen LogP contribution in [0.2, 0.25) is 0 Å². The van der Waals surface area contributed by atoms with Gasteiger partial charge in [-0.2, -0.15) is 0 Å². The van der Waals surface area contributed by atoms with Gasteiger partial charge in [0.2, 0.25) is 5.91 Å². The third-order valence-corrected chi connectivity index (χ3v) is 11.3. The molecule has 0 aromatic rings. The van der Waals surface area contributed by atoms with Crippen LogP contribution in [0.3, 0.4) is 0 Å². The number of unbranched alkanes of at least 4 members (excludes halogenated alkanes) is 1. The highest BCUT2D eigenvalue weighted by Crippen LogP contribution is 2.68. The molecule has 0 bridgehead atoms. The van der Waals surface area contributed by atoms with Gasteiger partial charge in [0.05, 0.1) is 18.3 Å². The number of hydrogen-bond acceptors (Lipinski definition) is 5. The molecule has 196 valence electrons. The minimum Gasteiger partial charge on any atom is -0.393 e. The average Bonchev–Trinajstić information content (AvgIpc) is 3.17. The van der Waals surface area contributed by atoms with E-state index in [-0.39, 0.29) is 34.7 Å². The molecule has 6 heteroatoms. The van der Waals surface area contributed by atoms with Gasteiger partial charge >= 0.3 is 0 Å². The number of rotatable bonds is 8. The first-order valence-corrected chi connectivity index (χ1v) is 14.1. The lowest BCUT2D eigenvalue weighted by molar-refractivity contribution is -0.223. The Morgan fingerprint density at radius 3 is 2.41 bits per heavy atom. The van der Waals surface area contributed by atoms with Crippen LogP contribution in [0.5, 0.6) is 0 Å². The van der Waals surface area contributed by atoms with Crippen molar-refractivity contribution in [2.24, 2.45) is 52.1 Å². The molecular formula is C28H50N2O4. The predicted octanol–water partition coefficient (Wildman–Crippen LogP) is 3.22. The van der Waals surface area contributed by atoms with E-state index in [1.54, 1.807) is 0 Å². The molecule has 34 heavy (non-hydrogen) atoms. The van der Waals surface area contributed by atoms with Crippen molar-refractivity contribution in [2.45, 2.75) is 110 Å². The molecule has 6 nitrogen and oxygen atoms in total. The maximum atomic E-state index is 12.3. The second-order valence-electron chi connectivity index (χ2n) is 12.9. The Hall–Kier alpha value is -0.690. The number of fused-ring (bicyclic) bond motifs is 5. The Bertz CT molecular complexity index is 719. The van der Waals surface area contributed by atoms with Crippen LogP contribution in [0.25, 0.3) is 0 Å². The third-order valence-electron chi connectivity index (χ3n) is 11.3. The smallest absolute Gasteiger partial charge is 0.220 e. The quantitative estimate of drug-likeness (QED) is 0.344. The van der Waals surface area contributed by atoms with Crippen molar-refractivity contribution in [1.29, 1.82) is 0 Å². The molecule has 0 aliphatic heterocycles. The molecule has 4 aliphatic rings.